The molecular formula is C22H24N4O3. The second-order valence-electron chi connectivity index (χ2n) is 7.11. The van der Waals surface area contributed by atoms with Crippen molar-refractivity contribution in [1.29, 1.82) is 0 Å². The van der Waals surface area contributed by atoms with Crippen LogP contribution < -0.4 is 9.47 Å². The molecule has 1 aromatic carbocycles. The zero-order valence-corrected chi connectivity index (χ0v) is 16.6. The molecule has 3 heterocycles. The van der Waals surface area contributed by atoms with Gasteiger partial charge in [0.25, 0.3) is 5.91 Å². The molecule has 0 aliphatic carbocycles. The van der Waals surface area contributed by atoms with E-state index in [9.17, 15) is 4.79 Å². The smallest absolute Gasteiger partial charge is 0.271 e. The topological polar surface area (TPSA) is 80.3 Å². The summed E-state index contributed by atoms with van der Waals surface area (Å²) in [6.45, 7) is 3.24. The third-order valence-corrected chi connectivity index (χ3v) is 5.11. The lowest BCUT2D eigenvalue weighted by molar-refractivity contribution is 0.0589. The van der Waals surface area contributed by atoms with Gasteiger partial charge in [0.15, 0.2) is 0 Å². The molecule has 1 aliphatic heterocycles. The number of hydrogen-bond donors (Lipinski definition) is 1. The van der Waals surface area contributed by atoms with E-state index in [1.807, 2.05) is 48.2 Å². The molecule has 1 aliphatic rings. The Hall–Kier alpha value is -3.35. The standard InChI is InChI=1S/C22H24N4O3/c1-15-7-8-17(14-23-15)29-16-9-11-26(12-10-16)22(27)20-13-19(24-25-20)18-5-3-4-6-21(18)28-2/h3-8,13-14,16H,9-12H2,1-2H3,(H,24,25). The highest BCUT2D eigenvalue weighted by Crippen LogP contribution is 2.28. The van der Waals surface area contributed by atoms with Gasteiger partial charge in [0.1, 0.15) is 23.3 Å². The van der Waals surface area contributed by atoms with Crippen LogP contribution in [-0.2, 0) is 0 Å². The van der Waals surface area contributed by atoms with Crippen molar-refractivity contribution >= 4 is 5.91 Å². The van der Waals surface area contributed by atoms with Crippen LogP contribution in [0, 0.1) is 6.92 Å². The molecule has 0 atom stereocenters. The SMILES string of the molecule is COc1ccccc1-c1cc(C(=O)N2CCC(Oc3ccc(C)nc3)CC2)[nH]n1. The second-order valence-corrected chi connectivity index (χ2v) is 7.11. The summed E-state index contributed by atoms with van der Waals surface area (Å²) in [5.74, 6) is 1.45. The van der Waals surface area contributed by atoms with Crippen molar-refractivity contribution in [3.05, 3.63) is 60.0 Å². The zero-order chi connectivity index (χ0) is 20.2. The third-order valence-electron chi connectivity index (χ3n) is 5.11. The van der Waals surface area contributed by atoms with Crippen LogP contribution >= 0.6 is 0 Å². The minimum atomic E-state index is -0.0471. The van der Waals surface area contributed by atoms with E-state index in [0.29, 0.717) is 24.5 Å². The molecule has 0 unspecified atom stereocenters. The summed E-state index contributed by atoms with van der Waals surface area (Å²) in [7, 11) is 1.62. The molecule has 4 rings (SSSR count). The lowest BCUT2D eigenvalue weighted by Crippen LogP contribution is -2.41. The number of carbonyl (C=O) groups is 1. The quantitative estimate of drug-likeness (QED) is 0.719. The van der Waals surface area contributed by atoms with E-state index in [-0.39, 0.29) is 12.0 Å². The Morgan fingerprint density at radius 1 is 1.17 bits per heavy atom. The molecule has 7 heteroatoms. The summed E-state index contributed by atoms with van der Waals surface area (Å²) >= 11 is 0. The fraction of sp³-hybridized carbons (Fsp3) is 0.318. The molecule has 1 N–H and O–H groups in total. The molecular weight excluding hydrogens is 368 g/mol. The number of ether oxygens (including phenoxy) is 2. The molecule has 3 aromatic rings. The largest absolute Gasteiger partial charge is 0.496 e. The molecule has 150 valence electrons. The van der Waals surface area contributed by atoms with E-state index in [4.69, 9.17) is 9.47 Å². The van der Waals surface area contributed by atoms with E-state index >= 15 is 0 Å². The van der Waals surface area contributed by atoms with Crippen molar-refractivity contribution in [2.45, 2.75) is 25.9 Å². The number of aromatic nitrogens is 3. The monoisotopic (exact) mass is 392 g/mol. The Labute approximate surface area is 169 Å². The van der Waals surface area contributed by atoms with E-state index in [1.54, 1.807) is 19.4 Å². The Morgan fingerprint density at radius 2 is 1.97 bits per heavy atom. The van der Waals surface area contributed by atoms with Crippen LogP contribution in [0.1, 0.15) is 29.0 Å². The van der Waals surface area contributed by atoms with Gasteiger partial charge in [0.05, 0.1) is 19.0 Å². The second kappa shape index (κ2) is 8.34. The normalized spacial score (nSPS) is 14.6. The molecule has 0 bridgehead atoms. The summed E-state index contributed by atoms with van der Waals surface area (Å²) in [6.07, 6.45) is 3.41. The van der Waals surface area contributed by atoms with Gasteiger partial charge in [-0.3, -0.25) is 14.9 Å². The van der Waals surface area contributed by atoms with Gasteiger partial charge in [0.2, 0.25) is 0 Å². The summed E-state index contributed by atoms with van der Waals surface area (Å²) in [6, 6.07) is 13.3. The van der Waals surface area contributed by atoms with Crippen LogP contribution in [0.4, 0.5) is 0 Å². The number of nitrogens with zero attached hydrogens (tertiary/aromatic N) is 3. The average Bonchev–Trinajstić information content (AvgIpc) is 3.25. The van der Waals surface area contributed by atoms with Crippen molar-refractivity contribution in [3.63, 3.8) is 0 Å². The number of piperidine rings is 1. The number of hydrogen-bond acceptors (Lipinski definition) is 5. The van der Waals surface area contributed by atoms with Crippen molar-refractivity contribution < 1.29 is 14.3 Å². The molecule has 0 saturated carbocycles. The van der Waals surface area contributed by atoms with Crippen molar-refractivity contribution in [2.24, 2.45) is 0 Å². The molecule has 2 aromatic heterocycles. The molecule has 0 radical (unpaired) electrons. The fourth-order valence-corrected chi connectivity index (χ4v) is 3.49. The van der Waals surface area contributed by atoms with E-state index < -0.39 is 0 Å². The number of aryl methyl sites for hydroxylation is 1. The number of pyridine rings is 1. The number of aromatic amines is 1. The van der Waals surface area contributed by atoms with Crippen LogP contribution in [0.2, 0.25) is 0 Å². The Kier molecular flexibility index (Phi) is 5.46. The summed E-state index contributed by atoms with van der Waals surface area (Å²) in [5.41, 5.74) is 2.98. The van der Waals surface area contributed by atoms with Gasteiger partial charge in [-0.1, -0.05) is 12.1 Å². The first-order chi connectivity index (χ1) is 14.1. The number of amides is 1. The predicted octanol–water partition coefficient (Wildman–Crippen LogP) is 3.47. The number of H-pyrrole nitrogens is 1. The Bertz CT molecular complexity index is 976. The van der Waals surface area contributed by atoms with E-state index in [2.05, 4.69) is 15.2 Å². The highest BCUT2D eigenvalue weighted by Gasteiger charge is 2.26. The number of carbonyl (C=O) groups excluding carboxylic acids is 1. The molecule has 29 heavy (non-hydrogen) atoms. The molecule has 1 fully saturated rings. The average molecular weight is 392 g/mol. The highest BCUT2D eigenvalue weighted by molar-refractivity contribution is 5.93. The molecule has 0 spiro atoms. The number of nitrogens with one attached hydrogen (secondary N) is 1. The first kappa shape index (κ1) is 19.0. The van der Waals surface area contributed by atoms with Crippen LogP contribution in [0.25, 0.3) is 11.3 Å². The lowest BCUT2D eigenvalue weighted by Gasteiger charge is -2.31. The minimum absolute atomic E-state index is 0.0471. The Balaban J connectivity index is 1.37. The van der Waals surface area contributed by atoms with Gasteiger partial charge >= 0.3 is 0 Å². The van der Waals surface area contributed by atoms with E-state index in [1.165, 1.54) is 0 Å². The number of likely N-dealkylation sites (tertiary alicyclic amines) is 1. The van der Waals surface area contributed by atoms with Gasteiger partial charge in [0, 0.05) is 37.2 Å². The van der Waals surface area contributed by atoms with Crippen LogP contribution in [-0.4, -0.2) is 52.3 Å². The minimum Gasteiger partial charge on any atom is -0.496 e. The van der Waals surface area contributed by atoms with Gasteiger partial charge in [-0.05, 0) is 37.3 Å². The fourth-order valence-electron chi connectivity index (χ4n) is 3.49. The Morgan fingerprint density at radius 3 is 2.69 bits per heavy atom. The number of rotatable bonds is 5. The number of methoxy groups -OCH3 is 1. The zero-order valence-electron chi connectivity index (χ0n) is 16.6. The van der Waals surface area contributed by atoms with Gasteiger partial charge in [-0.2, -0.15) is 5.10 Å². The molecule has 1 amide bonds. The van der Waals surface area contributed by atoms with Crippen molar-refractivity contribution in [1.82, 2.24) is 20.1 Å². The van der Waals surface area contributed by atoms with Crippen LogP contribution in [0.5, 0.6) is 11.5 Å². The maximum atomic E-state index is 12.9. The highest BCUT2D eigenvalue weighted by atomic mass is 16.5. The number of para-hydroxylation sites is 1. The van der Waals surface area contributed by atoms with Gasteiger partial charge in [-0.15, -0.1) is 0 Å². The maximum Gasteiger partial charge on any atom is 0.271 e. The lowest BCUT2D eigenvalue weighted by atomic mass is 10.1. The summed E-state index contributed by atoms with van der Waals surface area (Å²) in [5, 5.41) is 7.18. The van der Waals surface area contributed by atoms with E-state index in [0.717, 1.165) is 35.6 Å². The third kappa shape index (κ3) is 4.23. The first-order valence-corrected chi connectivity index (χ1v) is 9.71. The molecule has 7 nitrogen and oxygen atoms in total. The summed E-state index contributed by atoms with van der Waals surface area (Å²) < 4.78 is 11.4. The van der Waals surface area contributed by atoms with Gasteiger partial charge < -0.3 is 14.4 Å². The summed E-state index contributed by atoms with van der Waals surface area (Å²) in [4.78, 5) is 19.0. The van der Waals surface area contributed by atoms with Gasteiger partial charge in [-0.25, -0.2) is 0 Å². The van der Waals surface area contributed by atoms with Crippen molar-refractivity contribution in [3.8, 4) is 22.8 Å². The first-order valence-electron chi connectivity index (χ1n) is 9.71. The number of benzene rings is 1. The van der Waals surface area contributed by atoms with Crippen LogP contribution in [0.3, 0.4) is 0 Å². The van der Waals surface area contributed by atoms with Crippen molar-refractivity contribution in [2.75, 3.05) is 20.2 Å². The van der Waals surface area contributed by atoms with Crippen LogP contribution in [0.15, 0.2) is 48.7 Å². The maximum absolute atomic E-state index is 12.9. The molecule has 1 saturated heterocycles. The predicted molar refractivity (Wildman–Crippen MR) is 109 cm³/mol.